The molecule has 0 saturated heterocycles. The summed E-state index contributed by atoms with van der Waals surface area (Å²) in [5.74, 6) is 0.250. The molecule has 0 radical (unpaired) electrons. The Kier molecular flexibility index (Phi) is 4.13. The lowest BCUT2D eigenvalue weighted by molar-refractivity contribution is 0.0755. The molecule has 0 spiro atoms. The molecule has 0 unspecified atom stereocenters. The van der Waals surface area contributed by atoms with Gasteiger partial charge in [0.2, 0.25) is 0 Å². The van der Waals surface area contributed by atoms with E-state index in [2.05, 4.69) is 34.6 Å². The number of rotatable bonds is 5. The molecule has 1 aromatic carbocycles. The summed E-state index contributed by atoms with van der Waals surface area (Å²) in [5.41, 5.74) is 0.749. The fourth-order valence-electron chi connectivity index (χ4n) is 2.38. The van der Waals surface area contributed by atoms with Crippen LogP contribution in [0, 0.1) is 10.8 Å². The monoisotopic (exact) mass is 232 g/mol. The fourth-order valence-corrected chi connectivity index (χ4v) is 2.38. The summed E-state index contributed by atoms with van der Waals surface area (Å²) in [7, 11) is 0. The maximum absolute atomic E-state index is 12.5. The molecule has 1 heteroatoms. The van der Waals surface area contributed by atoms with Crippen molar-refractivity contribution in [3.05, 3.63) is 35.9 Å². The summed E-state index contributed by atoms with van der Waals surface area (Å²) in [5, 5.41) is 0. The number of ketones is 1. The molecule has 0 saturated carbocycles. The molecule has 0 bridgehead atoms. The van der Waals surface area contributed by atoms with Gasteiger partial charge < -0.3 is 0 Å². The molecular weight excluding hydrogens is 208 g/mol. The highest BCUT2D eigenvalue weighted by Crippen LogP contribution is 2.38. The third-order valence-electron chi connectivity index (χ3n) is 3.53. The largest absolute Gasteiger partial charge is 0.294 e. The Labute approximate surface area is 105 Å². The van der Waals surface area contributed by atoms with E-state index in [0.717, 1.165) is 18.4 Å². The van der Waals surface area contributed by atoms with Crippen molar-refractivity contribution in [3.8, 4) is 0 Å². The first kappa shape index (κ1) is 14.0. The van der Waals surface area contributed by atoms with Crippen LogP contribution < -0.4 is 0 Å². The van der Waals surface area contributed by atoms with Crippen molar-refractivity contribution in [2.75, 3.05) is 0 Å². The van der Waals surface area contributed by atoms with E-state index in [1.54, 1.807) is 0 Å². The minimum atomic E-state index is -0.291. The summed E-state index contributed by atoms with van der Waals surface area (Å²) in [4.78, 5) is 12.5. The second kappa shape index (κ2) is 5.03. The molecule has 1 rings (SSSR count). The second-order valence-electron chi connectivity index (χ2n) is 6.27. The van der Waals surface area contributed by atoms with Crippen LogP contribution in [0.25, 0.3) is 0 Å². The Morgan fingerprint density at radius 1 is 1.06 bits per heavy atom. The SMILES string of the molecule is CCC(C)(C)CC(C)(C)C(=O)c1ccccc1. The average molecular weight is 232 g/mol. The van der Waals surface area contributed by atoms with Crippen LogP contribution in [0.4, 0.5) is 0 Å². The first-order valence-electron chi connectivity index (χ1n) is 6.38. The normalized spacial score (nSPS) is 12.5. The minimum absolute atomic E-state index is 0.216. The van der Waals surface area contributed by atoms with Crippen LogP contribution in [0.5, 0.6) is 0 Å². The van der Waals surface area contributed by atoms with E-state index in [4.69, 9.17) is 0 Å². The lowest BCUT2D eigenvalue weighted by Gasteiger charge is -2.33. The van der Waals surface area contributed by atoms with Crippen molar-refractivity contribution in [3.63, 3.8) is 0 Å². The van der Waals surface area contributed by atoms with Crippen LogP contribution in [0.3, 0.4) is 0 Å². The quantitative estimate of drug-likeness (QED) is 0.671. The fraction of sp³-hybridized carbons (Fsp3) is 0.562. The molecule has 0 aromatic heterocycles. The van der Waals surface area contributed by atoms with E-state index in [9.17, 15) is 4.79 Å². The predicted octanol–water partition coefficient (Wildman–Crippen LogP) is 4.72. The molecule has 1 nitrogen and oxygen atoms in total. The number of Topliss-reactive ketones (excluding diaryl/α,β-unsaturated/α-hetero) is 1. The third kappa shape index (κ3) is 3.69. The summed E-state index contributed by atoms with van der Waals surface area (Å²) >= 11 is 0. The van der Waals surface area contributed by atoms with Crippen molar-refractivity contribution in [1.82, 2.24) is 0 Å². The van der Waals surface area contributed by atoms with Crippen LogP contribution in [0.2, 0.25) is 0 Å². The molecule has 94 valence electrons. The van der Waals surface area contributed by atoms with Crippen LogP contribution in [0.15, 0.2) is 30.3 Å². The predicted molar refractivity (Wildman–Crippen MR) is 73.2 cm³/mol. The van der Waals surface area contributed by atoms with Crippen LogP contribution in [-0.2, 0) is 0 Å². The topological polar surface area (TPSA) is 17.1 Å². The van der Waals surface area contributed by atoms with Gasteiger partial charge in [0.05, 0.1) is 0 Å². The highest BCUT2D eigenvalue weighted by Gasteiger charge is 2.34. The number of hydrogen-bond donors (Lipinski definition) is 0. The van der Waals surface area contributed by atoms with Crippen molar-refractivity contribution >= 4 is 5.78 Å². The van der Waals surface area contributed by atoms with E-state index in [-0.39, 0.29) is 16.6 Å². The molecule has 0 heterocycles. The number of benzene rings is 1. The summed E-state index contributed by atoms with van der Waals surface area (Å²) < 4.78 is 0. The van der Waals surface area contributed by atoms with Crippen molar-refractivity contribution < 1.29 is 4.79 Å². The van der Waals surface area contributed by atoms with E-state index in [1.165, 1.54) is 0 Å². The van der Waals surface area contributed by atoms with Crippen molar-refractivity contribution in [2.45, 2.75) is 47.5 Å². The Morgan fingerprint density at radius 3 is 2.06 bits per heavy atom. The van der Waals surface area contributed by atoms with Gasteiger partial charge in [-0.05, 0) is 11.8 Å². The Balaban J connectivity index is 2.88. The molecular formula is C16H24O. The van der Waals surface area contributed by atoms with E-state index in [1.807, 2.05) is 30.3 Å². The first-order valence-corrected chi connectivity index (χ1v) is 6.38. The van der Waals surface area contributed by atoms with Crippen LogP contribution in [0.1, 0.15) is 57.8 Å². The maximum atomic E-state index is 12.5. The van der Waals surface area contributed by atoms with E-state index in [0.29, 0.717) is 0 Å². The second-order valence-corrected chi connectivity index (χ2v) is 6.27. The van der Waals surface area contributed by atoms with Crippen LogP contribution >= 0.6 is 0 Å². The first-order chi connectivity index (χ1) is 7.78. The number of carbonyl (C=O) groups excluding carboxylic acids is 1. The zero-order valence-electron chi connectivity index (χ0n) is 11.7. The number of carbonyl (C=O) groups is 1. The zero-order chi connectivity index (χ0) is 13.1. The summed E-state index contributed by atoms with van der Waals surface area (Å²) in [6.07, 6.45) is 2.02. The standard InChI is InChI=1S/C16H24O/c1-6-15(2,3)12-16(4,5)14(17)13-10-8-7-9-11-13/h7-11H,6,12H2,1-5H3. The highest BCUT2D eigenvalue weighted by molar-refractivity contribution is 6.00. The van der Waals surface area contributed by atoms with Gasteiger partial charge in [0.1, 0.15) is 0 Å². The molecule has 17 heavy (non-hydrogen) atoms. The van der Waals surface area contributed by atoms with Gasteiger partial charge in [-0.1, -0.05) is 71.4 Å². The zero-order valence-corrected chi connectivity index (χ0v) is 11.7. The van der Waals surface area contributed by atoms with Gasteiger partial charge in [0.25, 0.3) is 0 Å². The molecule has 0 aliphatic carbocycles. The van der Waals surface area contributed by atoms with Gasteiger partial charge in [0, 0.05) is 11.0 Å². The molecule has 0 N–H and O–H groups in total. The number of hydrogen-bond acceptors (Lipinski definition) is 1. The summed E-state index contributed by atoms with van der Waals surface area (Å²) in [6, 6.07) is 9.61. The van der Waals surface area contributed by atoms with Gasteiger partial charge in [-0.25, -0.2) is 0 Å². The Morgan fingerprint density at radius 2 is 1.59 bits per heavy atom. The Hall–Kier alpha value is -1.11. The summed E-state index contributed by atoms with van der Waals surface area (Å²) in [6.45, 7) is 10.8. The van der Waals surface area contributed by atoms with Gasteiger partial charge in [0.15, 0.2) is 5.78 Å². The van der Waals surface area contributed by atoms with Gasteiger partial charge in [-0.3, -0.25) is 4.79 Å². The molecule has 0 atom stereocenters. The molecule has 1 aromatic rings. The lowest BCUT2D eigenvalue weighted by atomic mass is 9.70. The van der Waals surface area contributed by atoms with E-state index >= 15 is 0 Å². The average Bonchev–Trinajstić information content (AvgIpc) is 2.28. The Bertz CT molecular complexity index is 374. The smallest absolute Gasteiger partial charge is 0.168 e. The maximum Gasteiger partial charge on any atom is 0.168 e. The van der Waals surface area contributed by atoms with Crippen LogP contribution in [-0.4, -0.2) is 5.78 Å². The third-order valence-corrected chi connectivity index (χ3v) is 3.53. The van der Waals surface area contributed by atoms with Gasteiger partial charge in [-0.15, -0.1) is 0 Å². The molecule has 0 amide bonds. The lowest BCUT2D eigenvalue weighted by Crippen LogP contribution is -2.30. The molecule has 0 aliphatic rings. The highest BCUT2D eigenvalue weighted by atomic mass is 16.1. The molecule has 0 aliphatic heterocycles. The minimum Gasteiger partial charge on any atom is -0.294 e. The molecule has 0 fully saturated rings. The van der Waals surface area contributed by atoms with Gasteiger partial charge >= 0.3 is 0 Å². The van der Waals surface area contributed by atoms with Gasteiger partial charge in [-0.2, -0.15) is 0 Å². The van der Waals surface area contributed by atoms with Crippen molar-refractivity contribution in [2.24, 2.45) is 10.8 Å². The van der Waals surface area contributed by atoms with E-state index < -0.39 is 0 Å². The van der Waals surface area contributed by atoms with Crippen molar-refractivity contribution in [1.29, 1.82) is 0 Å².